The Balaban J connectivity index is 1.71. The lowest BCUT2D eigenvalue weighted by Crippen LogP contribution is -2.15. The van der Waals surface area contributed by atoms with E-state index in [2.05, 4.69) is 5.16 Å². The van der Waals surface area contributed by atoms with E-state index in [0.29, 0.717) is 16.7 Å². The first kappa shape index (κ1) is 11.8. The monoisotopic (exact) mass is 265 g/mol. The minimum atomic E-state index is 0.626. The van der Waals surface area contributed by atoms with Crippen molar-refractivity contribution in [3.8, 4) is 5.75 Å². The van der Waals surface area contributed by atoms with Gasteiger partial charge >= 0.3 is 0 Å². The first-order valence-corrected chi connectivity index (χ1v) is 6.87. The number of aromatic nitrogens is 1. The Morgan fingerprint density at radius 2 is 2.11 bits per heavy atom. The van der Waals surface area contributed by atoms with Gasteiger partial charge in [0, 0.05) is 11.5 Å². The van der Waals surface area contributed by atoms with Gasteiger partial charge in [-0.15, -0.1) is 0 Å². The zero-order valence-electron chi connectivity index (χ0n) is 10.2. The molecule has 1 saturated carbocycles. The summed E-state index contributed by atoms with van der Waals surface area (Å²) in [5, 5.41) is 5.28. The van der Waals surface area contributed by atoms with E-state index in [1.54, 1.807) is 6.20 Å². The second-order valence-electron chi connectivity index (χ2n) is 4.96. The van der Waals surface area contributed by atoms with Crippen LogP contribution in [0.1, 0.15) is 32.1 Å². The van der Waals surface area contributed by atoms with Crippen LogP contribution < -0.4 is 4.74 Å². The van der Waals surface area contributed by atoms with E-state index in [4.69, 9.17) is 20.9 Å². The number of ether oxygens (including phenoxy) is 1. The summed E-state index contributed by atoms with van der Waals surface area (Å²) in [5.74, 6) is 1.37. The Kier molecular flexibility index (Phi) is 3.41. The summed E-state index contributed by atoms with van der Waals surface area (Å²) in [6.45, 7) is 0.749. The molecular formula is C14H16ClNO2. The molecule has 0 aliphatic heterocycles. The first-order chi connectivity index (χ1) is 8.83. The maximum Gasteiger partial charge on any atom is 0.170 e. The fourth-order valence-electron chi connectivity index (χ4n) is 2.54. The highest BCUT2D eigenvalue weighted by molar-refractivity contribution is 6.32. The minimum absolute atomic E-state index is 0.626. The highest BCUT2D eigenvalue weighted by Gasteiger charge is 2.15. The maximum atomic E-state index is 6.18. The third kappa shape index (κ3) is 2.46. The summed E-state index contributed by atoms with van der Waals surface area (Å²) in [6.07, 6.45) is 8.20. The molecule has 0 amide bonds. The number of nitrogens with zero attached hydrogens (tertiary/aromatic N) is 1. The van der Waals surface area contributed by atoms with Crippen molar-refractivity contribution in [3.05, 3.63) is 23.4 Å². The van der Waals surface area contributed by atoms with Crippen LogP contribution in [0.3, 0.4) is 0 Å². The molecular weight excluding hydrogens is 250 g/mol. The Morgan fingerprint density at radius 1 is 1.28 bits per heavy atom. The normalized spacial score (nSPS) is 17.2. The molecule has 0 spiro atoms. The largest absolute Gasteiger partial charge is 0.492 e. The molecule has 0 bridgehead atoms. The van der Waals surface area contributed by atoms with Gasteiger partial charge in [-0.2, -0.15) is 0 Å². The number of hydrogen-bond donors (Lipinski definition) is 0. The van der Waals surface area contributed by atoms with Crippen molar-refractivity contribution in [2.24, 2.45) is 5.92 Å². The highest BCUT2D eigenvalue weighted by atomic mass is 35.5. The van der Waals surface area contributed by atoms with Crippen LogP contribution in [0.15, 0.2) is 22.9 Å². The fourth-order valence-corrected chi connectivity index (χ4v) is 2.77. The van der Waals surface area contributed by atoms with Gasteiger partial charge in [0.1, 0.15) is 5.75 Å². The Labute approximate surface area is 111 Å². The molecule has 1 aliphatic rings. The van der Waals surface area contributed by atoms with Crippen molar-refractivity contribution in [3.63, 3.8) is 0 Å². The molecule has 1 aliphatic carbocycles. The molecule has 0 atom stereocenters. The Hall–Kier alpha value is -1.22. The zero-order chi connectivity index (χ0) is 12.4. The first-order valence-electron chi connectivity index (χ1n) is 6.49. The van der Waals surface area contributed by atoms with Crippen LogP contribution in [0.4, 0.5) is 0 Å². The van der Waals surface area contributed by atoms with Crippen LogP contribution in [0.2, 0.25) is 5.02 Å². The number of rotatable bonds is 3. The quantitative estimate of drug-likeness (QED) is 0.823. The highest BCUT2D eigenvalue weighted by Crippen LogP contribution is 2.31. The third-order valence-corrected chi connectivity index (χ3v) is 3.90. The van der Waals surface area contributed by atoms with E-state index in [-0.39, 0.29) is 0 Å². The molecule has 0 N–H and O–H groups in total. The lowest BCUT2D eigenvalue weighted by molar-refractivity contribution is 0.209. The lowest BCUT2D eigenvalue weighted by Gasteiger charge is -2.21. The summed E-state index contributed by atoms with van der Waals surface area (Å²) >= 11 is 6.18. The van der Waals surface area contributed by atoms with Crippen molar-refractivity contribution in [2.75, 3.05) is 6.61 Å². The molecule has 96 valence electrons. The molecule has 3 nitrogen and oxygen atoms in total. The van der Waals surface area contributed by atoms with Crippen molar-refractivity contribution >= 4 is 22.6 Å². The number of hydrogen-bond acceptors (Lipinski definition) is 3. The molecule has 0 saturated heterocycles. The zero-order valence-corrected chi connectivity index (χ0v) is 10.9. The van der Waals surface area contributed by atoms with E-state index in [0.717, 1.165) is 17.6 Å². The summed E-state index contributed by atoms with van der Waals surface area (Å²) < 4.78 is 11.0. The summed E-state index contributed by atoms with van der Waals surface area (Å²) in [7, 11) is 0. The van der Waals surface area contributed by atoms with Crippen molar-refractivity contribution in [1.82, 2.24) is 5.16 Å². The standard InChI is InChI=1S/C14H16ClNO2/c15-12-6-11-8-16-18-13(11)7-14(12)17-9-10-4-2-1-3-5-10/h6-8,10H,1-5,9H2. The van der Waals surface area contributed by atoms with Gasteiger partial charge < -0.3 is 9.26 Å². The van der Waals surface area contributed by atoms with Crippen molar-refractivity contribution in [2.45, 2.75) is 32.1 Å². The van der Waals surface area contributed by atoms with E-state index in [1.165, 1.54) is 32.1 Å². The smallest absolute Gasteiger partial charge is 0.170 e. The number of fused-ring (bicyclic) bond motifs is 1. The average molecular weight is 266 g/mol. The molecule has 2 aromatic rings. The molecule has 1 heterocycles. The van der Waals surface area contributed by atoms with Crippen LogP contribution in [0.5, 0.6) is 5.75 Å². The predicted molar refractivity (Wildman–Crippen MR) is 71.1 cm³/mol. The minimum Gasteiger partial charge on any atom is -0.492 e. The van der Waals surface area contributed by atoms with Gasteiger partial charge in [0.15, 0.2) is 5.58 Å². The topological polar surface area (TPSA) is 35.3 Å². The number of benzene rings is 1. The van der Waals surface area contributed by atoms with Crippen molar-refractivity contribution in [1.29, 1.82) is 0 Å². The van der Waals surface area contributed by atoms with Gasteiger partial charge in [-0.1, -0.05) is 36.0 Å². The fraction of sp³-hybridized carbons (Fsp3) is 0.500. The van der Waals surface area contributed by atoms with E-state index >= 15 is 0 Å². The van der Waals surface area contributed by atoms with Crippen molar-refractivity contribution < 1.29 is 9.26 Å². The molecule has 4 heteroatoms. The number of halogens is 1. The van der Waals surface area contributed by atoms with Gasteiger partial charge in [-0.3, -0.25) is 0 Å². The summed E-state index contributed by atoms with van der Waals surface area (Å²) in [5.41, 5.74) is 0.720. The predicted octanol–water partition coefficient (Wildman–Crippen LogP) is 4.44. The molecule has 18 heavy (non-hydrogen) atoms. The maximum absolute atomic E-state index is 6.18. The lowest BCUT2D eigenvalue weighted by atomic mass is 9.90. The van der Waals surface area contributed by atoms with Crippen LogP contribution in [-0.2, 0) is 0 Å². The molecule has 0 unspecified atom stereocenters. The second-order valence-corrected chi connectivity index (χ2v) is 5.37. The molecule has 3 rings (SSSR count). The third-order valence-electron chi connectivity index (χ3n) is 3.61. The van der Waals surface area contributed by atoms with E-state index < -0.39 is 0 Å². The van der Waals surface area contributed by atoms with Gasteiger partial charge in [-0.05, 0) is 24.8 Å². The molecule has 0 radical (unpaired) electrons. The van der Waals surface area contributed by atoms with Crippen LogP contribution in [-0.4, -0.2) is 11.8 Å². The van der Waals surface area contributed by atoms with Gasteiger partial charge in [-0.25, -0.2) is 0 Å². The molecule has 1 aromatic carbocycles. The SMILES string of the molecule is Clc1cc2cnoc2cc1OCC1CCCCC1. The molecule has 1 fully saturated rings. The van der Waals surface area contributed by atoms with Crippen LogP contribution in [0.25, 0.3) is 11.0 Å². The Morgan fingerprint density at radius 3 is 2.94 bits per heavy atom. The van der Waals surface area contributed by atoms with E-state index in [9.17, 15) is 0 Å². The Bertz CT molecular complexity index is 532. The summed E-state index contributed by atoms with van der Waals surface area (Å²) in [6, 6.07) is 3.66. The summed E-state index contributed by atoms with van der Waals surface area (Å²) in [4.78, 5) is 0. The van der Waals surface area contributed by atoms with Gasteiger partial charge in [0.2, 0.25) is 0 Å². The van der Waals surface area contributed by atoms with Gasteiger partial charge in [0.25, 0.3) is 0 Å². The molecule has 1 aromatic heterocycles. The average Bonchev–Trinajstić information content (AvgIpc) is 2.84. The van der Waals surface area contributed by atoms with Gasteiger partial charge in [0.05, 0.1) is 17.8 Å². The van der Waals surface area contributed by atoms with Crippen LogP contribution >= 0.6 is 11.6 Å². The van der Waals surface area contributed by atoms with E-state index in [1.807, 2.05) is 12.1 Å². The second kappa shape index (κ2) is 5.19. The van der Waals surface area contributed by atoms with Crippen LogP contribution in [0, 0.1) is 5.92 Å².